The minimum absolute atomic E-state index is 0.0906. The monoisotopic (exact) mass is 233 g/mol. The molecule has 0 amide bonds. The van der Waals surface area contributed by atoms with E-state index < -0.39 is 9.84 Å². The number of nitrogens with one attached hydrogen (secondary N) is 1. The largest absolute Gasteiger partial charge is 0.313 e. The van der Waals surface area contributed by atoms with Gasteiger partial charge in [0.15, 0.2) is 9.84 Å². The van der Waals surface area contributed by atoms with Crippen LogP contribution in [0.15, 0.2) is 0 Å². The molecule has 0 aromatic heterocycles. The first-order valence-electron chi connectivity index (χ1n) is 5.90. The van der Waals surface area contributed by atoms with Crippen LogP contribution in [0.2, 0.25) is 0 Å². The van der Waals surface area contributed by atoms with Crippen LogP contribution in [0.5, 0.6) is 0 Å². The predicted octanol–water partition coefficient (Wildman–Crippen LogP) is 1.59. The molecule has 1 saturated heterocycles. The Hall–Kier alpha value is -0.0900. The first kappa shape index (κ1) is 13.0. The first-order chi connectivity index (χ1) is 6.95. The molecule has 3 nitrogen and oxygen atoms in total. The maximum absolute atomic E-state index is 11.8. The average Bonchev–Trinajstić information content (AvgIpc) is 2.39. The van der Waals surface area contributed by atoms with E-state index in [4.69, 9.17) is 0 Å². The van der Waals surface area contributed by atoms with Gasteiger partial charge in [-0.25, -0.2) is 8.42 Å². The van der Waals surface area contributed by atoms with E-state index in [9.17, 15) is 8.42 Å². The minimum atomic E-state index is -2.81. The highest BCUT2D eigenvalue weighted by Gasteiger charge is 2.37. The number of rotatable bonds is 5. The van der Waals surface area contributed by atoms with Crippen molar-refractivity contribution < 1.29 is 8.42 Å². The summed E-state index contributed by atoms with van der Waals surface area (Å²) in [6.07, 6.45) is 2.59. The topological polar surface area (TPSA) is 46.2 Å². The Kier molecular flexibility index (Phi) is 4.59. The Balaban J connectivity index is 2.47. The fourth-order valence-corrected chi connectivity index (χ4v) is 4.32. The summed E-state index contributed by atoms with van der Waals surface area (Å²) in [7, 11) is -2.81. The second kappa shape index (κ2) is 5.30. The fourth-order valence-electron chi connectivity index (χ4n) is 2.11. The zero-order valence-corrected chi connectivity index (χ0v) is 10.8. The molecule has 1 rings (SSSR count). The van der Waals surface area contributed by atoms with Gasteiger partial charge in [0, 0.05) is 6.04 Å². The number of sulfone groups is 1. The summed E-state index contributed by atoms with van der Waals surface area (Å²) in [5, 5.41) is 3.26. The Morgan fingerprint density at radius 2 is 2.07 bits per heavy atom. The van der Waals surface area contributed by atoms with Crippen LogP contribution in [0.25, 0.3) is 0 Å². The summed E-state index contributed by atoms with van der Waals surface area (Å²) in [6.45, 7) is 7.24. The molecule has 0 aromatic carbocycles. The highest BCUT2D eigenvalue weighted by molar-refractivity contribution is 7.92. The van der Waals surface area contributed by atoms with E-state index in [1.807, 2.05) is 6.92 Å². The molecule has 1 heterocycles. The fraction of sp³-hybridized carbons (Fsp3) is 1.00. The van der Waals surface area contributed by atoms with Crippen molar-refractivity contribution in [1.29, 1.82) is 0 Å². The molecule has 0 radical (unpaired) electrons. The van der Waals surface area contributed by atoms with Crippen LogP contribution < -0.4 is 5.32 Å². The molecule has 2 atom stereocenters. The molecule has 0 bridgehead atoms. The summed E-state index contributed by atoms with van der Waals surface area (Å²) in [5.74, 6) is 0.919. The van der Waals surface area contributed by atoms with Crippen LogP contribution >= 0.6 is 0 Å². The second-order valence-electron chi connectivity index (χ2n) is 4.97. The molecule has 0 aliphatic carbocycles. The minimum Gasteiger partial charge on any atom is -0.313 e. The zero-order valence-electron chi connectivity index (χ0n) is 9.99. The molecular formula is C11H23NO2S. The Morgan fingerprint density at radius 1 is 1.40 bits per heavy atom. The van der Waals surface area contributed by atoms with Gasteiger partial charge in [-0.1, -0.05) is 27.2 Å². The summed E-state index contributed by atoms with van der Waals surface area (Å²) in [6, 6.07) is 0.189. The summed E-state index contributed by atoms with van der Waals surface area (Å²) in [5.41, 5.74) is 0. The lowest BCUT2D eigenvalue weighted by Gasteiger charge is -2.12. The lowest BCUT2D eigenvalue weighted by atomic mass is 10.1. The van der Waals surface area contributed by atoms with Crippen LogP contribution in [0.1, 0.15) is 40.0 Å². The molecule has 0 saturated carbocycles. The van der Waals surface area contributed by atoms with Gasteiger partial charge >= 0.3 is 0 Å². The van der Waals surface area contributed by atoms with Gasteiger partial charge in [-0.15, -0.1) is 0 Å². The highest BCUT2D eigenvalue weighted by Crippen LogP contribution is 2.24. The zero-order chi connectivity index (χ0) is 11.5. The van der Waals surface area contributed by atoms with E-state index in [2.05, 4.69) is 19.2 Å². The molecule has 90 valence electrons. The lowest BCUT2D eigenvalue weighted by molar-refractivity contribution is 0.471. The van der Waals surface area contributed by atoms with Crippen molar-refractivity contribution in [1.82, 2.24) is 5.32 Å². The van der Waals surface area contributed by atoms with E-state index in [0.29, 0.717) is 11.7 Å². The van der Waals surface area contributed by atoms with Gasteiger partial charge in [0.25, 0.3) is 0 Å². The van der Waals surface area contributed by atoms with E-state index in [1.165, 1.54) is 0 Å². The van der Waals surface area contributed by atoms with Crippen molar-refractivity contribution in [2.24, 2.45) is 5.92 Å². The quantitative estimate of drug-likeness (QED) is 0.784. The maximum atomic E-state index is 11.8. The molecule has 4 heteroatoms. The van der Waals surface area contributed by atoms with Gasteiger partial charge in [-0.3, -0.25) is 0 Å². The Bertz CT molecular complexity index is 285. The van der Waals surface area contributed by atoms with Crippen molar-refractivity contribution in [2.45, 2.75) is 51.3 Å². The number of hydrogen-bond acceptors (Lipinski definition) is 3. The van der Waals surface area contributed by atoms with Crippen molar-refractivity contribution in [3.8, 4) is 0 Å². The smallest absolute Gasteiger partial charge is 0.154 e. The molecule has 15 heavy (non-hydrogen) atoms. The van der Waals surface area contributed by atoms with Crippen molar-refractivity contribution in [2.75, 3.05) is 12.3 Å². The maximum Gasteiger partial charge on any atom is 0.154 e. The Labute approximate surface area is 93.6 Å². The molecule has 1 N–H and O–H groups in total. The number of hydrogen-bond donors (Lipinski definition) is 1. The van der Waals surface area contributed by atoms with Crippen LogP contribution in [0.3, 0.4) is 0 Å². The van der Waals surface area contributed by atoms with Gasteiger partial charge in [0.1, 0.15) is 0 Å². The van der Waals surface area contributed by atoms with Crippen LogP contribution in [-0.2, 0) is 9.84 Å². The Morgan fingerprint density at radius 3 is 2.60 bits per heavy atom. The lowest BCUT2D eigenvalue weighted by Crippen LogP contribution is -2.32. The van der Waals surface area contributed by atoms with Crippen LogP contribution in [0.4, 0.5) is 0 Å². The van der Waals surface area contributed by atoms with Crippen molar-refractivity contribution in [3.63, 3.8) is 0 Å². The van der Waals surface area contributed by atoms with Gasteiger partial charge in [0.05, 0.1) is 11.0 Å². The summed E-state index contributed by atoms with van der Waals surface area (Å²) < 4.78 is 23.5. The van der Waals surface area contributed by atoms with Crippen molar-refractivity contribution >= 4 is 9.84 Å². The average molecular weight is 233 g/mol. The van der Waals surface area contributed by atoms with E-state index in [0.717, 1.165) is 25.8 Å². The van der Waals surface area contributed by atoms with Gasteiger partial charge in [-0.2, -0.15) is 0 Å². The summed E-state index contributed by atoms with van der Waals surface area (Å²) >= 11 is 0. The molecular weight excluding hydrogens is 210 g/mol. The normalized spacial score (nSPS) is 29.9. The predicted molar refractivity (Wildman–Crippen MR) is 63.7 cm³/mol. The van der Waals surface area contributed by atoms with Crippen molar-refractivity contribution in [3.05, 3.63) is 0 Å². The second-order valence-corrected chi connectivity index (χ2v) is 7.30. The molecule has 1 aliphatic heterocycles. The third-order valence-electron chi connectivity index (χ3n) is 2.91. The molecule has 1 fully saturated rings. The standard InChI is InChI=1S/C11H23NO2S/c1-4-5-11-6-10(8-15(11,13)14)12-7-9(2)3/h9-12H,4-8H2,1-3H3/t10?,11-/m1/s1. The van der Waals surface area contributed by atoms with Gasteiger partial charge in [-0.05, 0) is 25.3 Å². The SMILES string of the molecule is CCC[C@@H]1CC(NCC(C)C)CS1(=O)=O. The molecule has 0 aromatic rings. The molecule has 1 aliphatic rings. The van der Waals surface area contributed by atoms with E-state index in [-0.39, 0.29) is 11.3 Å². The van der Waals surface area contributed by atoms with E-state index >= 15 is 0 Å². The van der Waals surface area contributed by atoms with E-state index in [1.54, 1.807) is 0 Å². The summed E-state index contributed by atoms with van der Waals surface area (Å²) in [4.78, 5) is 0. The van der Waals surface area contributed by atoms with Crippen LogP contribution in [0, 0.1) is 5.92 Å². The third kappa shape index (κ3) is 3.76. The highest BCUT2D eigenvalue weighted by atomic mass is 32.2. The van der Waals surface area contributed by atoms with Gasteiger partial charge < -0.3 is 5.32 Å². The molecule has 1 unspecified atom stereocenters. The van der Waals surface area contributed by atoms with Gasteiger partial charge in [0.2, 0.25) is 0 Å². The molecule has 0 spiro atoms. The first-order valence-corrected chi connectivity index (χ1v) is 7.62. The van der Waals surface area contributed by atoms with Crippen LogP contribution in [-0.4, -0.2) is 32.0 Å². The third-order valence-corrected chi connectivity index (χ3v) is 5.23.